The van der Waals surface area contributed by atoms with Gasteiger partial charge in [0, 0.05) is 11.6 Å². The van der Waals surface area contributed by atoms with Crippen LogP contribution in [0.2, 0.25) is 0 Å². The van der Waals surface area contributed by atoms with Crippen LogP contribution in [0.3, 0.4) is 0 Å². The maximum Gasteiger partial charge on any atom is 0.354 e. The van der Waals surface area contributed by atoms with E-state index in [2.05, 4.69) is 22.1 Å². The molecule has 0 amide bonds. The monoisotopic (exact) mass is 230 g/mol. The van der Waals surface area contributed by atoms with Gasteiger partial charge in [0.1, 0.15) is 5.82 Å². The predicted molar refractivity (Wildman–Crippen MR) is 61.8 cm³/mol. The first-order valence-electron chi connectivity index (χ1n) is 5.90. The predicted octanol–water partition coefficient (Wildman–Crippen LogP) is 2.16. The van der Waals surface area contributed by atoms with Gasteiger partial charge < -0.3 is 5.11 Å². The van der Waals surface area contributed by atoms with Crippen LogP contribution in [0.5, 0.6) is 0 Å². The van der Waals surface area contributed by atoms with Crippen LogP contribution < -0.4 is 0 Å². The Morgan fingerprint density at radius 1 is 1.35 bits per heavy atom. The molecule has 2 aliphatic carbocycles. The smallest absolute Gasteiger partial charge is 0.354 e. The first kappa shape index (κ1) is 10.4. The summed E-state index contributed by atoms with van der Waals surface area (Å²) in [6, 6.07) is 1.63. The number of aromatic carboxylic acids is 1. The summed E-state index contributed by atoms with van der Waals surface area (Å²) in [6.07, 6.45) is 6.80. The molecule has 2 aliphatic rings. The van der Waals surface area contributed by atoms with Crippen LogP contribution in [-0.4, -0.2) is 21.0 Å². The highest BCUT2D eigenvalue weighted by Crippen LogP contribution is 2.48. The fourth-order valence-corrected chi connectivity index (χ4v) is 3.01. The van der Waals surface area contributed by atoms with Gasteiger partial charge in [-0.15, -0.1) is 0 Å². The van der Waals surface area contributed by atoms with E-state index >= 15 is 0 Å². The molecule has 3 rings (SSSR count). The Balaban J connectivity index is 1.98. The second kappa shape index (κ2) is 3.65. The summed E-state index contributed by atoms with van der Waals surface area (Å²) in [6.45, 7) is 1.75. The fourth-order valence-electron chi connectivity index (χ4n) is 3.01. The molecule has 1 aromatic heterocycles. The third-order valence-corrected chi connectivity index (χ3v) is 3.74. The molecule has 0 spiro atoms. The van der Waals surface area contributed by atoms with Crippen molar-refractivity contribution in [2.75, 3.05) is 0 Å². The summed E-state index contributed by atoms with van der Waals surface area (Å²) in [7, 11) is 0. The summed E-state index contributed by atoms with van der Waals surface area (Å²) in [5.74, 6) is 1.15. The summed E-state index contributed by atoms with van der Waals surface area (Å²) in [5.41, 5.74) is 1.01. The second-order valence-corrected chi connectivity index (χ2v) is 4.92. The zero-order chi connectivity index (χ0) is 12.0. The van der Waals surface area contributed by atoms with E-state index in [0.29, 0.717) is 23.6 Å². The van der Waals surface area contributed by atoms with Gasteiger partial charge in [-0.25, -0.2) is 14.8 Å². The Kier molecular flexibility index (Phi) is 2.24. The molecule has 1 aromatic rings. The quantitative estimate of drug-likeness (QED) is 0.791. The number of hydrogen-bond donors (Lipinski definition) is 1. The topological polar surface area (TPSA) is 63.1 Å². The Morgan fingerprint density at radius 2 is 2.18 bits per heavy atom. The Bertz CT molecular complexity index is 510. The molecule has 1 fully saturated rings. The fraction of sp³-hybridized carbons (Fsp3) is 0.462. The number of nitrogens with zero attached hydrogens (tertiary/aromatic N) is 2. The SMILES string of the molecule is Cc1nc(C(=O)O)cc([C@@H]2C[C@H]3C=C[C@H]2C3)n1. The highest BCUT2D eigenvalue weighted by atomic mass is 16.4. The highest BCUT2D eigenvalue weighted by molar-refractivity contribution is 5.85. The number of hydrogen-bond acceptors (Lipinski definition) is 3. The van der Waals surface area contributed by atoms with Crippen LogP contribution in [0.25, 0.3) is 0 Å². The molecule has 17 heavy (non-hydrogen) atoms. The summed E-state index contributed by atoms with van der Waals surface area (Å²) >= 11 is 0. The zero-order valence-corrected chi connectivity index (χ0v) is 9.63. The van der Waals surface area contributed by atoms with Crippen LogP contribution in [0.4, 0.5) is 0 Å². The minimum absolute atomic E-state index is 0.110. The lowest BCUT2D eigenvalue weighted by molar-refractivity contribution is 0.0689. The molecular weight excluding hydrogens is 216 g/mol. The molecule has 1 saturated carbocycles. The van der Waals surface area contributed by atoms with Crippen LogP contribution in [0.1, 0.15) is 40.8 Å². The first-order chi connectivity index (χ1) is 8.13. The van der Waals surface area contributed by atoms with Crippen molar-refractivity contribution < 1.29 is 9.90 Å². The molecule has 88 valence electrons. The minimum Gasteiger partial charge on any atom is -0.477 e. The number of carboxylic acids is 1. The molecule has 0 saturated heterocycles. The van der Waals surface area contributed by atoms with Crippen molar-refractivity contribution in [3.8, 4) is 0 Å². The van der Waals surface area contributed by atoms with Gasteiger partial charge in [-0.3, -0.25) is 0 Å². The van der Waals surface area contributed by atoms with Gasteiger partial charge in [0.25, 0.3) is 0 Å². The van der Waals surface area contributed by atoms with Gasteiger partial charge in [-0.1, -0.05) is 12.2 Å². The molecule has 0 unspecified atom stereocenters. The Hall–Kier alpha value is -1.71. The average molecular weight is 230 g/mol. The van der Waals surface area contributed by atoms with E-state index in [1.807, 2.05) is 0 Å². The molecule has 4 heteroatoms. The van der Waals surface area contributed by atoms with E-state index in [0.717, 1.165) is 12.1 Å². The van der Waals surface area contributed by atoms with Gasteiger partial charge in [0.15, 0.2) is 5.69 Å². The summed E-state index contributed by atoms with van der Waals surface area (Å²) < 4.78 is 0. The van der Waals surface area contributed by atoms with Gasteiger partial charge in [-0.05, 0) is 37.7 Å². The van der Waals surface area contributed by atoms with Crippen molar-refractivity contribution in [2.24, 2.45) is 11.8 Å². The maximum absolute atomic E-state index is 11.0. The molecule has 0 aliphatic heterocycles. The molecule has 1 N–H and O–H groups in total. The number of rotatable bonds is 2. The summed E-state index contributed by atoms with van der Waals surface area (Å²) in [4.78, 5) is 19.3. The lowest BCUT2D eigenvalue weighted by Gasteiger charge is -2.17. The second-order valence-electron chi connectivity index (χ2n) is 4.92. The number of allylic oxidation sites excluding steroid dienone is 2. The average Bonchev–Trinajstić information content (AvgIpc) is 2.89. The normalized spacial score (nSPS) is 29.8. The van der Waals surface area contributed by atoms with Gasteiger partial charge in [0.2, 0.25) is 0 Å². The standard InChI is InChI=1S/C13H14N2O2/c1-7-14-11(6-12(15-7)13(16)17)10-5-8-2-3-9(10)4-8/h2-3,6,8-10H,4-5H2,1H3,(H,16,17)/t8-,9-,10+/m0/s1. The van der Waals surface area contributed by atoms with Crippen LogP contribution in [0.15, 0.2) is 18.2 Å². The molecule has 0 aromatic carbocycles. The zero-order valence-electron chi connectivity index (χ0n) is 9.63. The highest BCUT2D eigenvalue weighted by Gasteiger charge is 2.37. The molecule has 0 radical (unpaired) electrons. The van der Waals surface area contributed by atoms with Gasteiger partial charge in [-0.2, -0.15) is 0 Å². The number of fused-ring (bicyclic) bond motifs is 2. The molecule has 4 nitrogen and oxygen atoms in total. The largest absolute Gasteiger partial charge is 0.477 e. The van der Waals surface area contributed by atoms with Crippen molar-refractivity contribution in [3.05, 3.63) is 35.4 Å². The third kappa shape index (κ3) is 1.73. The van der Waals surface area contributed by atoms with Crippen molar-refractivity contribution in [1.29, 1.82) is 0 Å². The van der Waals surface area contributed by atoms with E-state index < -0.39 is 5.97 Å². The van der Waals surface area contributed by atoms with Crippen LogP contribution in [-0.2, 0) is 0 Å². The maximum atomic E-state index is 11.0. The minimum atomic E-state index is -0.976. The molecule has 2 bridgehead atoms. The summed E-state index contributed by atoms with van der Waals surface area (Å²) in [5, 5.41) is 9.00. The van der Waals surface area contributed by atoms with E-state index in [4.69, 9.17) is 5.11 Å². The third-order valence-electron chi connectivity index (χ3n) is 3.74. The Morgan fingerprint density at radius 3 is 2.76 bits per heavy atom. The van der Waals surface area contributed by atoms with Gasteiger partial charge in [0.05, 0.1) is 0 Å². The lowest BCUT2D eigenvalue weighted by Crippen LogP contribution is -2.12. The lowest BCUT2D eigenvalue weighted by atomic mass is 9.90. The first-order valence-corrected chi connectivity index (χ1v) is 5.90. The van der Waals surface area contributed by atoms with Crippen LogP contribution >= 0.6 is 0 Å². The van der Waals surface area contributed by atoms with E-state index in [1.165, 1.54) is 6.42 Å². The number of aryl methyl sites for hydroxylation is 1. The number of aromatic nitrogens is 2. The molecule has 3 atom stereocenters. The molecule has 1 heterocycles. The number of carboxylic acid groups (broad SMARTS) is 1. The number of carbonyl (C=O) groups is 1. The van der Waals surface area contributed by atoms with Crippen molar-refractivity contribution >= 4 is 5.97 Å². The van der Waals surface area contributed by atoms with Crippen molar-refractivity contribution in [1.82, 2.24) is 9.97 Å². The van der Waals surface area contributed by atoms with E-state index in [-0.39, 0.29) is 5.69 Å². The Labute approximate surface area is 99.4 Å². The van der Waals surface area contributed by atoms with E-state index in [9.17, 15) is 4.79 Å². The van der Waals surface area contributed by atoms with Gasteiger partial charge >= 0.3 is 5.97 Å². The van der Waals surface area contributed by atoms with E-state index in [1.54, 1.807) is 13.0 Å². The molecular formula is C13H14N2O2. The van der Waals surface area contributed by atoms with Crippen molar-refractivity contribution in [2.45, 2.75) is 25.7 Å². The van der Waals surface area contributed by atoms with Crippen molar-refractivity contribution in [3.63, 3.8) is 0 Å². The van der Waals surface area contributed by atoms with Crippen LogP contribution in [0, 0.1) is 18.8 Å².